The van der Waals surface area contributed by atoms with Gasteiger partial charge in [0.2, 0.25) is 11.8 Å². The Morgan fingerprint density at radius 3 is 2.35 bits per heavy atom. The smallest absolute Gasteiger partial charge is 0.249 e. The second-order valence-corrected chi connectivity index (χ2v) is 6.55. The molecule has 6 nitrogen and oxygen atoms in total. The lowest BCUT2D eigenvalue weighted by Crippen LogP contribution is -2.45. The normalized spacial score (nSPS) is 17.1. The summed E-state index contributed by atoms with van der Waals surface area (Å²) in [6.45, 7) is 0.836. The fourth-order valence-electron chi connectivity index (χ4n) is 2.89. The van der Waals surface area contributed by atoms with Gasteiger partial charge in [-0.3, -0.25) is 9.59 Å². The average molecular weight is 319 g/mol. The molecule has 0 radical (unpaired) electrons. The van der Waals surface area contributed by atoms with E-state index in [9.17, 15) is 9.59 Å². The highest BCUT2D eigenvalue weighted by Crippen LogP contribution is 2.30. The first-order valence-electron chi connectivity index (χ1n) is 8.28. The van der Waals surface area contributed by atoms with E-state index in [2.05, 4.69) is 0 Å². The number of hydrogen-bond donors (Lipinski definition) is 0. The number of amides is 2. The third-order valence-corrected chi connectivity index (χ3v) is 4.57. The van der Waals surface area contributed by atoms with Crippen LogP contribution in [0.15, 0.2) is 18.3 Å². The minimum Gasteiger partial charge on any atom is -0.375 e. The zero-order chi connectivity index (χ0) is 16.4. The van der Waals surface area contributed by atoms with Crippen LogP contribution in [-0.4, -0.2) is 58.5 Å². The Hall–Kier alpha value is -1.82. The van der Waals surface area contributed by atoms with Gasteiger partial charge < -0.3 is 19.1 Å². The largest absolute Gasteiger partial charge is 0.375 e. The molecule has 0 N–H and O–H groups in total. The number of carbonyl (C=O) groups excluding carboxylic acids is 2. The number of carbonyl (C=O) groups is 2. The van der Waals surface area contributed by atoms with E-state index in [4.69, 9.17) is 4.74 Å². The molecule has 2 amide bonds. The highest BCUT2D eigenvalue weighted by molar-refractivity contribution is 5.86. The van der Waals surface area contributed by atoms with Crippen molar-refractivity contribution in [2.75, 3.05) is 20.3 Å². The Balaban J connectivity index is 1.66. The summed E-state index contributed by atoms with van der Waals surface area (Å²) in [6.07, 6.45) is 6.09. The van der Waals surface area contributed by atoms with E-state index in [1.165, 1.54) is 7.11 Å². The maximum Gasteiger partial charge on any atom is 0.249 e. The van der Waals surface area contributed by atoms with E-state index in [0.29, 0.717) is 12.6 Å². The Morgan fingerprint density at radius 1 is 1.17 bits per heavy atom. The molecule has 23 heavy (non-hydrogen) atoms. The number of methoxy groups -OCH3 is 1. The van der Waals surface area contributed by atoms with Crippen molar-refractivity contribution in [1.82, 2.24) is 14.4 Å². The second kappa shape index (κ2) is 6.74. The molecule has 2 aliphatic carbocycles. The molecule has 0 aliphatic heterocycles. The zero-order valence-electron chi connectivity index (χ0n) is 13.9. The lowest BCUT2D eigenvalue weighted by atomic mass is 10.3. The molecule has 0 aromatic carbocycles. The van der Waals surface area contributed by atoms with Crippen LogP contribution in [0, 0.1) is 0 Å². The van der Waals surface area contributed by atoms with Crippen LogP contribution >= 0.6 is 0 Å². The lowest BCUT2D eigenvalue weighted by Gasteiger charge is -2.28. The summed E-state index contributed by atoms with van der Waals surface area (Å²) in [5, 5.41) is 0. The first-order chi connectivity index (χ1) is 11.1. The maximum atomic E-state index is 12.8. The Labute approximate surface area is 137 Å². The number of aryl methyl sites for hydroxylation is 1. The summed E-state index contributed by atoms with van der Waals surface area (Å²) in [7, 11) is 3.50. The standard InChI is InChI=1S/C17H25N3O3/c1-18-9-3-4-15(18)10-19(13-5-6-13)16(21)11-20(14-7-8-14)17(22)12-23-2/h3-4,9,13-14H,5-8,10-12H2,1-2H3. The Bertz CT molecular complexity index is 575. The predicted molar refractivity (Wildman–Crippen MR) is 85.6 cm³/mol. The van der Waals surface area contributed by atoms with Gasteiger partial charge in [0, 0.05) is 38.1 Å². The number of nitrogens with zero attached hydrogens (tertiary/aromatic N) is 3. The van der Waals surface area contributed by atoms with Crippen LogP contribution in [0.1, 0.15) is 31.4 Å². The second-order valence-electron chi connectivity index (χ2n) is 6.55. The Morgan fingerprint density at radius 2 is 1.83 bits per heavy atom. The van der Waals surface area contributed by atoms with Gasteiger partial charge in [-0.2, -0.15) is 0 Å². The molecule has 0 spiro atoms. The van der Waals surface area contributed by atoms with Crippen LogP contribution in [0.2, 0.25) is 0 Å². The van der Waals surface area contributed by atoms with Crippen LogP contribution in [0.3, 0.4) is 0 Å². The van der Waals surface area contributed by atoms with E-state index in [1.807, 2.05) is 34.8 Å². The third kappa shape index (κ3) is 3.93. The molecule has 0 saturated heterocycles. The van der Waals surface area contributed by atoms with Gasteiger partial charge in [0.05, 0.1) is 6.54 Å². The molecule has 1 aromatic rings. The number of ether oxygens (including phenoxy) is 1. The van der Waals surface area contributed by atoms with E-state index in [-0.39, 0.29) is 31.0 Å². The molecule has 3 rings (SSSR count). The third-order valence-electron chi connectivity index (χ3n) is 4.57. The molecule has 6 heteroatoms. The summed E-state index contributed by atoms with van der Waals surface area (Å²) in [6, 6.07) is 4.58. The SMILES string of the molecule is COCC(=O)N(CC(=O)N(Cc1cccn1C)C1CC1)C1CC1. The topological polar surface area (TPSA) is 54.8 Å². The minimum absolute atomic E-state index is 0.0463. The van der Waals surface area contributed by atoms with Crippen LogP contribution in [0.5, 0.6) is 0 Å². The molecule has 1 heterocycles. The molecule has 2 fully saturated rings. The van der Waals surface area contributed by atoms with Gasteiger partial charge in [-0.1, -0.05) is 0 Å². The van der Waals surface area contributed by atoms with Crippen molar-refractivity contribution >= 4 is 11.8 Å². The van der Waals surface area contributed by atoms with Gasteiger partial charge in [0.15, 0.2) is 0 Å². The van der Waals surface area contributed by atoms with Crippen molar-refractivity contribution in [3.05, 3.63) is 24.0 Å². The fourth-order valence-corrected chi connectivity index (χ4v) is 2.89. The quantitative estimate of drug-likeness (QED) is 0.722. The van der Waals surface area contributed by atoms with Crippen molar-refractivity contribution in [3.8, 4) is 0 Å². The summed E-state index contributed by atoms with van der Waals surface area (Å²) < 4.78 is 6.98. The number of rotatable bonds is 8. The molecule has 1 aromatic heterocycles. The summed E-state index contributed by atoms with van der Waals surface area (Å²) in [4.78, 5) is 28.6. The first kappa shape index (κ1) is 16.1. The van der Waals surface area contributed by atoms with Crippen molar-refractivity contribution in [3.63, 3.8) is 0 Å². The molecule has 2 aliphatic rings. The van der Waals surface area contributed by atoms with E-state index in [0.717, 1.165) is 31.4 Å². The molecule has 0 unspecified atom stereocenters. The van der Waals surface area contributed by atoms with Crippen LogP contribution in [-0.2, 0) is 27.9 Å². The number of hydrogen-bond acceptors (Lipinski definition) is 3. The van der Waals surface area contributed by atoms with E-state index in [1.54, 1.807) is 4.90 Å². The van der Waals surface area contributed by atoms with Crippen molar-refractivity contribution in [1.29, 1.82) is 0 Å². The molecule has 2 saturated carbocycles. The minimum atomic E-state index is -0.0852. The van der Waals surface area contributed by atoms with Crippen LogP contribution in [0.4, 0.5) is 0 Å². The van der Waals surface area contributed by atoms with Gasteiger partial charge in [0.25, 0.3) is 0 Å². The molecule has 0 bridgehead atoms. The van der Waals surface area contributed by atoms with Crippen molar-refractivity contribution in [2.24, 2.45) is 7.05 Å². The van der Waals surface area contributed by atoms with Gasteiger partial charge >= 0.3 is 0 Å². The van der Waals surface area contributed by atoms with Crippen LogP contribution in [0.25, 0.3) is 0 Å². The van der Waals surface area contributed by atoms with Gasteiger partial charge in [0.1, 0.15) is 13.2 Å². The summed E-state index contributed by atoms with van der Waals surface area (Å²) in [5.41, 5.74) is 1.12. The van der Waals surface area contributed by atoms with E-state index < -0.39 is 0 Å². The molecular formula is C17H25N3O3. The fraction of sp³-hybridized carbons (Fsp3) is 0.647. The summed E-state index contributed by atoms with van der Waals surface area (Å²) in [5.74, 6) is -0.0389. The van der Waals surface area contributed by atoms with E-state index >= 15 is 0 Å². The maximum absolute atomic E-state index is 12.8. The molecule has 126 valence electrons. The monoisotopic (exact) mass is 319 g/mol. The number of aromatic nitrogens is 1. The zero-order valence-corrected chi connectivity index (χ0v) is 13.9. The Kier molecular flexibility index (Phi) is 4.71. The van der Waals surface area contributed by atoms with Gasteiger partial charge in [-0.05, 0) is 37.8 Å². The first-order valence-corrected chi connectivity index (χ1v) is 8.28. The predicted octanol–water partition coefficient (Wildman–Crippen LogP) is 1.15. The van der Waals surface area contributed by atoms with Crippen molar-refractivity contribution in [2.45, 2.75) is 44.3 Å². The highest BCUT2D eigenvalue weighted by Gasteiger charge is 2.38. The summed E-state index contributed by atoms with van der Waals surface area (Å²) >= 11 is 0. The lowest BCUT2D eigenvalue weighted by molar-refractivity contribution is -0.143. The molecular weight excluding hydrogens is 294 g/mol. The molecule has 0 atom stereocenters. The average Bonchev–Trinajstić information content (AvgIpc) is 3.42. The van der Waals surface area contributed by atoms with Crippen LogP contribution < -0.4 is 0 Å². The highest BCUT2D eigenvalue weighted by atomic mass is 16.5. The van der Waals surface area contributed by atoms with Crippen molar-refractivity contribution < 1.29 is 14.3 Å². The van der Waals surface area contributed by atoms with Gasteiger partial charge in [-0.15, -0.1) is 0 Å². The van der Waals surface area contributed by atoms with Gasteiger partial charge in [-0.25, -0.2) is 0 Å².